The van der Waals surface area contributed by atoms with Crippen LogP contribution in [0.4, 0.5) is 5.69 Å². The zero-order chi connectivity index (χ0) is 17.8. The van der Waals surface area contributed by atoms with Crippen LogP contribution in [0.5, 0.6) is 0 Å². The van der Waals surface area contributed by atoms with Crippen molar-refractivity contribution in [1.29, 1.82) is 0 Å². The van der Waals surface area contributed by atoms with Gasteiger partial charge in [0.1, 0.15) is 0 Å². The maximum atomic E-state index is 5.48. The van der Waals surface area contributed by atoms with Crippen LogP contribution in [0.25, 0.3) is 17.1 Å². The molecule has 3 rings (SSSR count). The molecule has 0 unspecified atom stereocenters. The number of H-pyrrole nitrogens is 1. The van der Waals surface area contributed by atoms with Crippen LogP contribution < -0.4 is 4.90 Å². The van der Waals surface area contributed by atoms with E-state index in [2.05, 4.69) is 84.4 Å². The summed E-state index contributed by atoms with van der Waals surface area (Å²) in [5.41, 5.74) is 4.60. The Morgan fingerprint density at radius 1 is 1.04 bits per heavy atom. The van der Waals surface area contributed by atoms with Crippen LogP contribution in [-0.2, 0) is 6.42 Å². The summed E-state index contributed by atoms with van der Waals surface area (Å²) in [4.78, 5) is 2.32. The first-order valence-electron chi connectivity index (χ1n) is 8.80. The van der Waals surface area contributed by atoms with Gasteiger partial charge in [0.25, 0.3) is 0 Å². The van der Waals surface area contributed by atoms with Crippen LogP contribution >= 0.6 is 12.2 Å². The van der Waals surface area contributed by atoms with Crippen LogP contribution in [0.2, 0.25) is 0 Å². The van der Waals surface area contributed by atoms with Crippen molar-refractivity contribution in [3.63, 3.8) is 0 Å². The fourth-order valence-electron chi connectivity index (χ4n) is 3.06. The predicted octanol–water partition coefficient (Wildman–Crippen LogP) is 5.01. The standard InChI is InChI=1S/C20H24N4S/c1-4-15-8-7-9-16(14-15)19-21-22-20(25)24(19)18-12-10-17(11-13-18)23(5-2)6-3/h7-14H,4-6H2,1-3H3,(H,22,25). The number of aromatic amines is 1. The summed E-state index contributed by atoms with van der Waals surface area (Å²) in [5.74, 6) is 0.843. The third kappa shape index (κ3) is 3.51. The number of aromatic nitrogens is 3. The monoisotopic (exact) mass is 352 g/mol. The van der Waals surface area contributed by atoms with Gasteiger partial charge in [-0.25, -0.2) is 0 Å². The molecule has 130 valence electrons. The van der Waals surface area contributed by atoms with Gasteiger partial charge in [0.2, 0.25) is 0 Å². The van der Waals surface area contributed by atoms with Gasteiger partial charge in [-0.05, 0) is 68.4 Å². The molecule has 0 aliphatic heterocycles. The second-order valence-electron chi connectivity index (χ2n) is 5.93. The highest BCUT2D eigenvalue weighted by atomic mass is 32.1. The van der Waals surface area contributed by atoms with E-state index < -0.39 is 0 Å². The van der Waals surface area contributed by atoms with Gasteiger partial charge in [-0.2, -0.15) is 5.10 Å². The molecule has 0 fully saturated rings. The second-order valence-corrected chi connectivity index (χ2v) is 6.32. The highest BCUT2D eigenvalue weighted by Gasteiger charge is 2.11. The van der Waals surface area contributed by atoms with E-state index >= 15 is 0 Å². The minimum atomic E-state index is 0.604. The summed E-state index contributed by atoms with van der Waals surface area (Å²) >= 11 is 5.48. The molecule has 2 aromatic carbocycles. The van der Waals surface area contributed by atoms with Gasteiger partial charge in [-0.1, -0.05) is 25.1 Å². The van der Waals surface area contributed by atoms with E-state index in [0.717, 1.165) is 36.6 Å². The number of hydrogen-bond acceptors (Lipinski definition) is 3. The Kier molecular flexibility index (Phi) is 5.34. The number of anilines is 1. The Bertz CT molecular complexity index is 889. The number of rotatable bonds is 6. The number of nitrogens with zero attached hydrogens (tertiary/aromatic N) is 3. The van der Waals surface area contributed by atoms with Gasteiger partial charge in [0.15, 0.2) is 10.6 Å². The van der Waals surface area contributed by atoms with Gasteiger partial charge in [-0.15, -0.1) is 0 Å². The lowest BCUT2D eigenvalue weighted by Gasteiger charge is -2.21. The summed E-state index contributed by atoms with van der Waals surface area (Å²) in [6.07, 6.45) is 0.998. The van der Waals surface area contributed by atoms with Crippen LogP contribution in [-0.4, -0.2) is 27.9 Å². The van der Waals surface area contributed by atoms with Crippen molar-refractivity contribution in [3.05, 3.63) is 58.9 Å². The third-order valence-electron chi connectivity index (χ3n) is 4.50. The molecule has 0 bridgehead atoms. The van der Waals surface area contributed by atoms with Crippen molar-refractivity contribution < 1.29 is 0 Å². The first kappa shape index (κ1) is 17.4. The molecule has 0 aliphatic carbocycles. The summed E-state index contributed by atoms with van der Waals surface area (Å²) in [5, 5.41) is 7.40. The molecule has 0 spiro atoms. The molecule has 3 aromatic rings. The molecule has 1 heterocycles. The quantitative estimate of drug-likeness (QED) is 0.634. The SMILES string of the molecule is CCc1cccc(-c2n[nH]c(=S)n2-c2ccc(N(CC)CC)cc2)c1. The summed E-state index contributed by atoms with van der Waals surface area (Å²) < 4.78 is 2.60. The fourth-order valence-corrected chi connectivity index (χ4v) is 3.30. The zero-order valence-corrected chi connectivity index (χ0v) is 15.8. The molecule has 25 heavy (non-hydrogen) atoms. The van der Waals surface area contributed by atoms with E-state index in [4.69, 9.17) is 12.2 Å². The van der Waals surface area contributed by atoms with E-state index in [0.29, 0.717) is 4.77 Å². The highest BCUT2D eigenvalue weighted by Crippen LogP contribution is 2.24. The first-order valence-corrected chi connectivity index (χ1v) is 9.20. The first-order chi connectivity index (χ1) is 12.2. The maximum absolute atomic E-state index is 5.48. The maximum Gasteiger partial charge on any atom is 0.200 e. The van der Waals surface area contributed by atoms with Gasteiger partial charge in [0, 0.05) is 24.3 Å². The average Bonchev–Trinajstić information content (AvgIpc) is 3.05. The molecular formula is C20H24N4S. The Hall–Kier alpha value is -2.40. The molecule has 1 N–H and O–H groups in total. The Labute approximate surface area is 154 Å². The van der Waals surface area contributed by atoms with E-state index in [1.54, 1.807) is 0 Å². The Morgan fingerprint density at radius 3 is 2.40 bits per heavy atom. The lowest BCUT2D eigenvalue weighted by atomic mass is 10.1. The van der Waals surface area contributed by atoms with Crippen LogP contribution in [0.15, 0.2) is 48.5 Å². The van der Waals surface area contributed by atoms with Gasteiger partial charge >= 0.3 is 0 Å². The molecule has 0 atom stereocenters. The van der Waals surface area contributed by atoms with Crippen molar-refractivity contribution in [2.24, 2.45) is 0 Å². The minimum absolute atomic E-state index is 0.604. The van der Waals surface area contributed by atoms with Gasteiger partial charge < -0.3 is 4.90 Å². The lowest BCUT2D eigenvalue weighted by Crippen LogP contribution is -2.21. The van der Waals surface area contributed by atoms with E-state index in [1.165, 1.54) is 11.3 Å². The zero-order valence-electron chi connectivity index (χ0n) is 15.0. The average molecular weight is 353 g/mol. The molecule has 0 aliphatic rings. The number of aryl methyl sites for hydroxylation is 1. The van der Waals surface area contributed by atoms with E-state index in [1.807, 2.05) is 4.57 Å². The highest BCUT2D eigenvalue weighted by molar-refractivity contribution is 7.71. The smallest absolute Gasteiger partial charge is 0.200 e. The third-order valence-corrected chi connectivity index (χ3v) is 4.78. The lowest BCUT2D eigenvalue weighted by molar-refractivity contribution is 0.865. The summed E-state index contributed by atoms with van der Waals surface area (Å²) in [6, 6.07) is 16.9. The van der Waals surface area contributed by atoms with E-state index in [9.17, 15) is 0 Å². The molecule has 1 aromatic heterocycles. The number of nitrogens with one attached hydrogen (secondary N) is 1. The van der Waals surface area contributed by atoms with Crippen molar-refractivity contribution in [2.75, 3.05) is 18.0 Å². The molecular weight excluding hydrogens is 328 g/mol. The molecule has 0 amide bonds. The molecule has 5 heteroatoms. The van der Waals surface area contributed by atoms with Crippen LogP contribution in [0.3, 0.4) is 0 Å². The Morgan fingerprint density at radius 2 is 1.76 bits per heavy atom. The van der Waals surface area contributed by atoms with Crippen LogP contribution in [0, 0.1) is 4.77 Å². The molecule has 0 saturated heterocycles. The van der Waals surface area contributed by atoms with Gasteiger partial charge in [-0.3, -0.25) is 9.67 Å². The van der Waals surface area contributed by atoms with Crippen molar-refractivity contribution >= 4 is 17.9 Å². The minimum Gasteiger partial charge on any atom is -0.372 e. The molecule has 0 saturated carbocycles. The topological polar surface area (TPSA) is 36.9 Å². The molecule has 4 nitrogen and oxygen atoms in total. The Balaban J connectivity index is 2.03. The predicted molar refractivity (Wildman–Crippen MR) is 107 cm³/mol. The van der Waals surface area contributed by atoms with E-state index in [-0.39, 0.29) is 0 Å². The largest absolute Gasteiger partial charge is 0.372 e. The molecule has 0 radical (unpaired) electrons. The van der Waals surface area contributed by atoms with Crippen molar-refractivity contribution in [2.45, 2.75) is 27.2 Å². The summed E-state index contributed by atoms with van der Waals surface area (Å²) in [7, 11) is 0. The van der Waals surface area contributed by atoms with Crippen LogP contribution in [0.1, 0.15) is 26.3 Å². The normalized spacial score (nSPS) is 10.8. The van der Waals surface area contributed by atoms with Gasteiger partial charge in [0.05, 0.1) is 5.69 Å². The van der Waals surface area contributed by atoms with Crippen molar-refractivity contribution in [1.82, 2.24) is 14.8 Å². The van der Waals surface area contributed by atoms with Crippen molar-refractivity contribution in [3.8, 4) is 17.1 Å². The fraction of sp³-hybridized carbons (Fsp3) is 0.300. The summed E-state index contributed by atoms with van der Waals surface area (Å²) in [6.45, 7) is 8.49. The second kappa shape index (κ2) is 7.66. The number of hydrogen-bond donors (Lipinski definition) is 1. The number of benzene rings is 2.